The van der Waals surface area contributed by atoms with Gasteiger partial charge in [-0.15, -0.1) is 0 Å². The molecule has 0 spiro atoms. The normalized spacial score (nSPS) is 21.8. The maximum absolute atomic E-state index is 12.7. The maximum atomic E-state index is 12.7. The molecule has 0 bridgehead atoms. The van der Waals surface area contributed by atoms with Gasteiger partial charge in [-0.1, -0.05) is 23.2 Å². The fourth-order valence-electron chi connectivity index (χ4n) is 4.56. The Morgan fingerprint density at radius 3 is 2.56 bits per heavy atom. The molecule has 1 aliphatic heterocycles. The second-order valence-electron chi connectivity index (χ2n) is 8.80. The number of fused-ring (bicyclic) bond motifs is 2. The summed E-state index contributed by atoms with van der Waals surface area (Å²) in [7, 11) is 0. The van der Waals surface area contributed by atoms with E-state index in [1.54, 1.807) is 24.3 Å². The molecule has 3 aromatic rings. The lowest BCUT2D eigenvalue weighted by molar-refractivity contribution is -0.129. The SMILES string of the molecule is O=C(N[C@H]1CC[C@H](C(=O)NCc2cc3cc(Cl)ccc3o2)CC1)C1CNc2cc(Cl)ccc2O1. The van der Waals surface area contributed by atoms with Crippen LogP contribution in [0.1, 0.15) is 31.4 Å². The number of nitrogens with one attached hydrogen (secondary N) is 3. The van der Waals surface area contributed by atoms with Gasteiger partial charge in [-0.05, 0) is 68.1 Å². The maximum Gasteiger partial charge on any atom is 0.263 e. The summed E-state index contributed by atoms with van der Waals surface area (Å²) >= 11 is 12.0. The van der Waals surface area contributed by atoms with Gasteiger partial charge in [-0.3, -0.25) is 9.59 Å². The second kappa shape index (κ2) is 9.76. The molecule has 1 aromatic heterocycles. The van der Waals surface area contributed by atoms with Gasteiger partial charge in [-0.25, -0.2) is 0 Å². The molecule has 1 atom stereocenters. The van der Waals surface area contributed by atoms with Crippen molar-refractivity contribution in [1.29, 1.82) is 0 Å². The smallest absolute Gasteiger partial charge is 0.263 e. The number of carbonyl (C=O) groups excluding carboxylic acids is 2. The molecule has 2 aromatic carbocycles. The van der Waals surface area contributed by atoms with E-state index in [0.717, 1.165) is 42.3 Å². The van der Waals surface area contributed by atoms with Gasteiger partial charge in [0.1, 0.15) is 17.1 Å². The summed E-state index contributed by atoms with van der Waals surface area (Å²) < 4.78 is 11.6. The molecule has 1 saturated carbocycles. The minimum atomic E-state index is -0.603. The second-order valence-corrected chi connectivity index (χ2v) is 9.67. The van der Waals surface area contributed by atoms with Crippen LogP contribution in [0.25, 0.3) is 11.0 Å². The first-order chi connectivity index (χ1) is 16.4. The van der Waals surface area contributed by atoms with Crippen LogP contribution in [0.4, 0.5) is 5.69 Å². The summed E-state index contributed by atoms with van der Waals surface area (Å²) in [6.45, 7) is 0.714. The number of ether oxygens (including phenoxy) is 1. The van der Waals surface area contributed by atoms with Crippen molar-refractivity contribution < 1.29 is 18.7 Å². The van der Waals surface area contributed by atoms with Gasteiger partial charge >= 0.3 is 0 Å². The van der Waals surface area contributed by atoms with E-state index in [-0.39, 0.29) is 23.8 Å². The summed E-state index contributed by atoms with van der Waals surface area (Å²) in [5.41, 5.74) is 1.53. The van der Waals surface area contributed by atoms with E-state index in [2.05, 4.69) is 16.0 Å². The Balaban J connectivity index is 1.07. The zero-order valence-corrected chi connectivity index (χ0v) is 19.9. The molecule has 9 heteroatoms. The van der Waals surface area contributed by atoms with Crippen LogP contribution in [0.15, 0.2) is 46.9 Å². The number of halogens is 2. The fraction of sp³-hybridized carbons (Fsp3) is 0.360. The molecule has 178 valence electrons. The number of anilines is 1. The average Bonchev–Trinajstić information content (AvgIpc) is 3.24. The number of furan rings is 1. The lowest BCUT2D eigenvalue weighted by Gasteiger charge is -2.31. The molecule has 1 fully saturated rings. The van der Waals surface area contributed by atoms with E-state index in [9.17, 15) is 9.59 Å². The van der Waals surface area contributed by atoms with E-state index in [1.165, 1.54) is 0 Å². The van der Waals surface area contributed by atoms with Crippen LogP contribution >= 0.6 is 23.2 Å². The first-order valence-corrected chi connectivity index (χ1v) is 12.2. The third-order valence-electron chi connectivity index (χ3n) is 6.39. The van der Waals surface area contributed by atoms with Crippen molar-refractivity contribution in [3.8, 4) is 5.75 Å². The van der Waals surface area contributed by atoms with Crippen molar-refractivity contribution in [3.63, 3.8) is 0 Å². The number of benzene rings is 2. The highest BCUT2D eigenvalue weighted by Gasteiger charge is 2.31. The predicted molar refractivity (Wildman–Crippen MR) is 131 cm³/mol. The largest absolute Gasteiger partial charge is 0.477 e. The summed E-state index contributed by atoms with van der Waals surface area (Å²) in [6.07, 6.45) is 2.34. The lowest BCUT2D eigenvalue weighted by atomic mass is 9.85. The van der Waals surface area contributed by atoms with Crippen molar-refractivity contribution in [2.24, 2.45) is 5.92 Å². The Hall–Kier alpha value is -2.90. The van der Waals surface area contributed by atoms with E-state index >= 15 is 0 Å². The van der Waals surface area contributed by atoms with Crippen LogP contribution in [0.3, 0.4) is 0 Å². The van der Waals surface area contributed by atoms with Crippen LogP contribution in [-0.4, -0.2) is 30.5 Å². The third kappa shape index (κ3) is 5.10. The average molecular weight is 502 g/mol. The Morgan fingerprint density at radius 1 is 0.971 bits per heavy atom. The van der Waals surface area contributed by atoms with Crippen LogP contribution in [0.5, 0.6) is 5.75 Å². The molecular weight excluding hydrogens is 477 g/mol. The van der Waals surface area contributed by atoms with Crippen LogP contribution in [-0.2, 0) is 16.1 Å². The first-order valence-electron chi connectivity index (χ1n) is 11.4. The summed E-state index contributed by atoms with van der Waals surface area (Å²) in [6, 6.07) is 12.6. The quantitative estimate of drug-likeness (QED) is 0.462. The van der Waals surface area contributed by atoms with Crippen molar-refractivity contribution in [2.75, 3.05) is 11.9 Å². The monoisotopic (exact) mass is 501 g/mol. The van der Waals surface area contributed by atoms with Gasteiger partial charge in [0.15, 0.2) is 6.10 Å². The number of amides is 2. The molecule has 0 saturated heterocycles. The molecule has 34 heavy (non-hydrogen) atoms. The Labute approximate surface area is 207 Å². The molecular formula is C25H25Cl2N3O4. The van der Waals surface area contributed by atoms with Gasteiger partial charge in [0, 0.05) is 27.4 Å². The van der Waals surface area contributed by atoms with Crippen molar-refractivity contribution in [2.45, 2.75) is 44.4 Å². The first kappa shape index (κ1) is 22.9. The Morgan fingerprint density at radius 2 is 1.74 bits per heavy atom. The van der Waals surface area contributed by atoms with E-state index in [4.69, 9.17) is 32.4 Å². The third-order valence-corrected chi connectivity index (χ3v) is 6.86. The molecule has 7 nitrogen and oxygen atoms in total. The standard InChI is InChI=1S/C25H25Cl2N3O4/c26-16-3-7-21-15(9-16)10-19(33-21)12-29-24(31)14-1-5-18(6-2-14)30-25(32)23-13-28-20-11-17(27)4-8-22(20)34-23/h3-4,7-11,14,18,23,28H,1-2,5-6,12-13H2,(H,29,31)(H,30,32)/t14-,18-,23?. The summed E-state index contributed by atoms with van der Waals surface area (Å²) in [4.78, 5) is 25.4. The Kier molecular flexibility index (Phi) is 6.57. The minimum absolute atomic E-state index is 0.0124. The molecule has 2 aliphatic rings. The van der Waals surface area contributed by atoms with Gasteiger partial charge in [0.05, 0.1) is 18.8 Å². The van der Waals surface area contributed by atoms with Crippen LogP contribution in [0.2, 0.25) is 10.0 Å². The highest BCUT2D eigenvalue weighted by atomic mass is 35.5. The molecule has 2 heterocycles. The highest BCUT2D eigenvalue weighted by Crippen LogP contribution is 2.32. The fourth-order valence-corrected chi connectivity index (χ4v) is 4.91. The van der Waals surface area contributed by atoms with Crippen molar-refractivity contribution >= 4 is 51.7 Å². The molecule has 0 radical (unpaired) electrons. The van der Waals surface area contributed by atoms with Crippen LogP contribution < -0.4 is 20.7 Å². The van der Waals surface area contributed by atoms with Gasteiger partial charge < -0.3 is 25.1 Å². The van der Waals surface area contributed by atoms with Crippen molar-refractivity contribution in [3.05, 3.63) is 58.3 Å². The van der Waals surface area contributed by atoms with Gasteiger partial charge in [-0.2, -0.15) is 0 Å². The lowest BCUT2D eigenvalue weighted by Crippen LogP contribution is -2.49. The minimum Gasteiger partial charge on any atom is -0.477 e. The van der Waals surface area contributed by atoms with E-state index in [1.807, 2.05) is 18.2 Å². The van der Waals surface area contributed by atoms with E-state index in [0.29, 0.717) is 34.6 Å². The molecule has 3 N–H and O–H groups in total. The zero-order chi connectivity index (χ0) is 23.7. The molecule has 5 rings (SSSR count). The zero-order valence-electron chi connectivity index (χ0n) is 18.4. The number of rotatable bonds is 5. The van der Waals surface area contributed by atoms with Crippen LogP contribution in [0, 0.1) is 5.92 Å². The molecule has 1 unspecified atom stereocenters. The predicted octanol–water partition coefficient (Wildman–Crippen LogP) is 4.90. The Bertz CT molecular complexity index is 1220. The molecule has 2 amide bonds. The van der Waals surface area contributed by atoms with Crippen molar-refractivity contribution in [1.82, 2.24) is 10.6 Å². The number of carbonyl (C=O) groups is 2. The summed E-state index contributed by atoms with van der Waals surface area (Å²) in [5, 5.41) is 11.4. The van der Waals surface area contributed by atoms with Gasteiger partial charge in [0.2, 0.25) is 5.91 Å². The topological polar surface area (TPSA) is 92.6 Å². The summed E-state index contributed by atoms with van der Waals surface area (Å²) in [5.74, 6) is 1.10. The number of hydrogen-bond donors (Lipinski definition) is 3. The highest BCUT2D eigenvalue weighted by molar-refractivity contribution is 6.31. The van der Waals surface area contributed by atoms with Gasteiger partial charge in [0.25, 0.3) is 5.91 Å². The van der Waals surface area contributed by atoms with E-state index < -0.39 is 6.10 Å². The number of hydrogen-bond acceptors (Lipinski definition) is 5. The molecule has 1 aliphatic carbocycles.